The summed E-state index contributed by atoms with van der Waals surface area (Å²) in [6.45, 7) is 1.02. The predicted molar refractivity (Wildman–Crippen MR) is 62.6 cm³/mol. The highest BCUT2D eigenvalue weighted by atomic mass is 19.1. The third-order valence-electron chi connectivity index (χ3n) is 2.32. The molecule has 0 aromatic heterocycles. The molecule has 5 heteroatoms. The quantitative estimate of drug-likeness (QED) is 0.789. The van der Waals surface area contributed by atoms with Crippen LogP contribution in [0.1, 0.15) is 11.9 Å². The molecule has 1 fully saturated rings. The fourth-order valence-electron chi connectivity index (χ4n) is 1.58. The number of allylic oxidation sites excluding steroid dienone is 1. The fraction of sp³-hybridized carbons (Fsp3) is 0.250. The molecule has 0 unspecified atom stereocenters. The van der Waals surface area contributed by atoms with E-state index in [0.717, 1.165) is 6.21 Å². The number of anilines is 1. The molecule has 2 rings (SSSR count). The molecular formula is C12H13FN2O2. The number of ether oxygens (including phenoxy) is 2. The van der Waals surface area contributed by atoms with Crippen LogP contribution in [-0.4, -0.2) is 19.4 Å². The first-order valence-electron chi connectivity index (χ1n) is 5.26. The zero-order valence-electron chi connectivity index (χ0n) is 9.15. The van der Waals surface area contributed by atoms with Gasteiger partial charge < -0.3 is 20.2 Å². The van der Waals surface area contributed by atoms with Crippen LogP contribution < -0.4 is 5.32 Å². The van der Waals surface area contributed by atoms with Crippen molar-refractivity contribution in [2.24, 2.45) is 0 Å². The monoisotopic (exact) mass is 236 g/mol. The summed E-state index contributed by atoms with van der Waals surface area (Å²) in [5, 5.41) is 9.82. The van der Waals surface area contributed by atoms with Crippen molar-refractivity contribution in [3.63, 3.8) is 0 Å². The van der Waals surface area contributed by atoms with Crippen LogP contribution in [-0.2, 0) is 9.47 Å². The van der Waals surface area contributed by atoms with E-state index in [1.54, 1.807) is 12.3 Å². The van der Waals surface area contributed by atoms with Crippen molar-refractivity contribution in [3.8, 4) is 0 Å². The largest absolute Gasteiger partial charge is 0.361 e. The third kappa shape index (κ3) is 2.89. The van der Waals surface area contributed by atoms with Gasteiger partial charge in [0.05, 0.1) is 13.2 Å². The van der Waals surface area contributed by atoms with E-state index in [1.165, 1.54) is 18.2 Å². The minimum Gasteiger partial charge on any atom is -0.361 e. The van der Waals surface area contributed by atoms with Crippen LogP contribution in [0.2, 0.25) is 0 Å². The van der Waals surface area contributed by atoms with Crippen LogP contribution >= 0.6 is 0 Å². The van der Waals surface area contributed by atoms with Gasteiger partial charge in [-0.15, -0.1) is 0 Å². The van der Waals surface area contributed by atoms with Gasteiger partial charge in [0.2, 0.25) is 0 Å². The lowest BCUT2D eigenvalue weighted by atomic mass is 10.1. The summed E-state index contributed by atoms with van der Waals surface area (Å²) in [6, 6.07) is 4.36. The van der Waals surface area contributed by atoms with E-state index in [1.807, 2.05) is 0 Å². The maximum Gasteiger partial charge on any atom is 0.186 e. The molecular weight excluding hydrogens is 223 g/mol. The highest BCUT2D eigenvalue weighted by Crippen LogP contribution is 2.30. The van der Waals surface area contributed by atoms with Crippen LogP contribution in [0, 0.1) is 11.2 Å². The second kappa shape index (κ2) is 5.56. The van der Waals surface area contributed by atoms with Crippen LogP contribution in [0.15, 0.2) is 30.5 Å². The second-order valence-corrected chi connectivity index (χ2v) is 3.48. The first-order chi connectivity index (χ1) is 8.31. The molecule has 2 N–H and O–H groups in total. The Bertz CT molecular complexity index is 429. The molecule has 0 radical (unpaired) electrons. The summed E-state index contributed by atoms with van der Waals surface area (Å²) in [5.41, 5.74) is 1.33. The summed E-state index contributed by atoms with van der Waals surface area (Å²) in [6.07, 6.45) is 3.75. The zero-order chi connectivity index (χ0) is 12.1. The lowest BCUT2D eigenvalue weighted by molar-refractivity contribution is -0.0437. The highest BCUT2D eigenvalue weighted by Gasteiger charge is 2.21. The first kappa shape index (κ1) is 11.8. The van der Waals surface area contributed by atoms with Crippen molar-refractivity contribution < 1.29 is 13.9 Å². The van der Waals surface area contributed by atoms with Crippen LogP contribution in [0.4, 0.5) is 10.1 Å². The van der Waals surface area contributed by atoms with Crippen molar-refractivity contribution in [3.05, 3.63) is 41.9 Å². The molecule has 0 atom stereocenters. The van der Waals surface area contributed by atoms with Gasteiger partial charge in [-0.1, -0.05) is 0 Å². The van der Waals surface area contributed by atoms with E-state index in [0.29, 0.717) is 24.5 Å². The second-order valence-electron chi connectivity index (χ2n) is 3.48. The molecule has 1 aliphatic rings. The summed E-state index contributed by atoms with van der Waals surface area (Å²) in [4.78, 5) is 0. The number of halogens is 1. The van der Waals surface area contributed by atoms with Crippen molar-refractivity contribution in [2.45, 2.75) is 6.29 Å². The maximum absolute atomic E-state index is 13.2. The average Bonchev–Trinajstić information content (AvgIpc) is 2.85. The lowest BCUT2D eigenvalue weighted by Crippen LogP contribution is -2.03. The molecule has 1 aromatic carbocycles. The Morgan fingerprint density at radius 2 is 2.12 bits per heavy atom. The van der Waals surface area contributed by atoms with Gasteiger partial charge in [-0.05, 0) is 24.3 Å². The number of hydrogen-bond donors (Lipinski definition) is 2. The lowest BCUT2D eigenvalue weighted by Gasteiger charge is -2.14. The summed E-state index contributed by atoms with van der Waals surface area (Å²) < 4.78 is 23.9. The number of hydrogen-bond acceptors (Lipinski definition) is 4. The van der Waals surface area contributed by atoms with Gasteiger partial charge in [-0.3, -0.25) is 0 Å². The van der Waals surface area contributed by atoms with Gasteiger partial charge in [0.1, 0.15) is 5.82 Å². The van der Waals surface area contributed by atoms with E-state index >= 15 is 0 Å². The van der Waals surface area contributed by atoms with Gasteiger partial charge in [0.25, 0.3) is 0 Å². The SMILES string of the molecule is N=C/C=C\Nc1ccc(F)cc1C1OCCO1. The van der Waals surface area contributed by atoms with E-state index in [4.69, 9.17) is 14.9 Å². The summed E-state index contributed by atoms with van der Waals surface area (Å²) in [7, 11) is 0. The Labute approximate surface area is 98.6 Å². The molecule has 0 bridgehead atoms. The van der Waals surface area contributed by atoms with Gasteiger partial charge in [-0.2, -0.15) is 0 Å². The van der Waals surface area contributed by atoms with Crippen molar-refractivity contribution in [1.82, 2.24) is 0 Å². The zero-order valence-corrected chi connectivity index (χ0v) is 9.15. The third-order valence-corrected chi connectivity index (χ3v) is 2.32. The number of nitrogens with one attached hydrogen (secondary N) is 2. The van der Waals surface area contributed by atoms with E-state index in [2.05, 4.69) is 5.32 Å². The predicted octanol–water partition coefficient (Wildman–Crippen LogP) is 2.45. The normalized spacial score (nSPS) is 16.5. The molecule has 1 aromatic rings. The highest BCUT2D eigenvalue weighted by molar-refractivity contribution is 5.68. The number of rotatable bonds is 4. The molecule has 0 aliphatic carbocycles. The molecule has 0 spiro atoms. The van der Waals surface area contributed by atoms with Gasteiger partial charge in [0.15, 0.2) is 6.29 Å². The Hall–Kier alpha value is -1.72. The standard InChI is InChI=1S/C12H13FN2O2/c13-9-2-3-11(15-5-1-4-14)10(8-9)12-16-6-7-17-12/h1-5,8,12,14-15H,6-7H2/b5-1-,14-4?. The minimum atomic E-state index is -0.526. The van der Waals surface area contributed by atoms with Crippen molar-refractivity contribution in [1.29, 1.82) is 5.41 Å². The summed E-state index contributed by atoms with van der Waals surface area (Å²) in [5.74, 6) is -0.333. The average molecular weight is 236 g/mol. The molecule has 90 valence electrons. The topological polar surface area (TPSA) is 54.3 Å². The Balaban J connectivity index is 2.23. The molecule has 1 heterocycles. The van der Waals surface area contributed by atoms with E-state index in [-0.39, 0.29) is 5.82 Å². The van der Waals surface area contributed by atoms with Crippen molar-refractivity contribution >= 4 is 11.9 Å². The van der Waals surface area contributed by atoms with Crippen LogP contribution in [0.3, 0.4) is 0 Å². The molecule has 17 heavy (non-hydrogen) atoms. The Morgan fingerprint density at radius 1 is 1.35 bits per heavy atom. The van der Waals surface area contributed by atoms with E-state index < -0.39 is 6.29 Å². The van der Waals surface area contributed by atoms with Crippen LogP contribution in [0.5, 0.6) is 0 Å². The van der Waals surface area contributed by atoms with Gasteiger partial charge in [-0.25, -0.2) is 4.39 Å². The molecule has 0 amide bonds. The van der Waals surface area contributed by atoms with E-state index in [9.17, 15) is 4.39 Å². The summed E-state index contributed by atoms with van der Waals surface area (Å²) >= 11 is 0. The Kier molecular flexibility index (Phi) is 3.85. The maximum atomic E-state index is 13.2. The van der Waals surface area contributed by atoms with Gasteiger partial charge >= 0.3 is 0 Å². The van der Waals surface area contributed by atoms with Crippen LogP contribution in [0.25, 0.3) is 0 Å². The van der Waals surface area contributed by atoms with Gasteiger partial charge in [0, 0.05) is 23.7 Å². The molecule has 0 saturated carbocycles. The van der Waals surface area contributed by atoms with Crippen molar-refractivity contribution in [2.75, 3.05) is 18.5 Å². The fourth-order valence-corrected chi connectivity index (χ4v) is 1.58. The minimum absolute atomic E-state index is 0.333. The molecule has 4 nitrogen and oxygen atoms in total. The molecule has 1 aliphatic heterocycles. The Morgan fingerprint density at radius 3 is 2.82 bits per heavy atom. The smallest absolute Gasteiger partial charge is 0.186 e. The first-order valence-corrected chi connectivity index (χ1v) is 5.26. The molecule has 1 saturated heterocycles. The number of benzene rings is 1.